The Hall–Kier alpha value is -3.53. The Balaban J connectivity index is 2.00. The number of para-hydroxylation sites is 1. The van der Waals surface area contributed by atoms with Gasteiger partial charge in [-0.1, -0.05) is 18.2 Å². The lowest BCUT2D eigenvalue weighted by atomic mass is 10.1. The maximum atomic E-state index is 13.4. The van der Waals surface area contributed by atoms with Crippen LogP contribution in [0.4, 0.5) is 4.39 Å². The molecule has 0 aliphatic carbocycles. The zero-order valence-corrected chi connectivity index (χ0v) is 13.6. The highest BCUT2D eigenvalue weighted by molar-refractivity contribution is 5.79. The molecule has 0 bridgehead atoms. The number of hydrogen-bond donors (Lipinski definition) is 1. The van der Waals surface area contributed by atoms with Crippen molar-refractivity contribution in [3.63, 3.8) is 0 Å². The number of aryl methyl sites for hydroxylation is 2. The Morgan fingerprint density at radius 3 is 2.73 bits per heavy atom. The Kier molecular flexibility index (Phi) is 4.76. The number of rotatable bonds is 5. The SMILES string of the molecule is N#Cc1cc(CCc2nc(=O)c3ccccc3n2CC(=O)O)ccc1F. The van der Waals surface area contributed by atoms with Crippen molar-refractivity contribution >= 4 is 16.9 Å². The Bertz CT molecular complexity index is 1100. The van der Waals surface area contributed by atoms with Gasteiger partial charge in [0, 0.05) is 6.42 Å². The van der Waals surface area contributed by atoms with Crippen LogP contribution in [-0.4, -0.2) is 20.6 Å². The van der Waals surface area contributed by atoms with Gasteiger partial charge in [-0.25, -0.2) is 4.39 Å². The first-order valence-electron chi connectivity index (χ1n) is 7.88. The maximum Gasteiger partial charge on any atom is 0.323 e. The molecule has 1 aromatic heterocycles. The smallest absolute Gasteiger partial charge is 0.323 e. The fourth-order valence-corrected chi connectivity index (χ4v) is 2.84. The van der Waals surface area contributed by atoms with Crippen LogP contribution in [0.1, 0.15) is 17.0 Å². The molecule has 0 atom stereocenters. The molecule has 1 heterocycles. The lowest BCUT2D eigenvalue weighted by molar-refractivity contribution is -0.137. The number of aromatic nitrogens is 2. The molecule has 3 aromatic rings. The Morgan fingerprint density at radius 1 is 1.23 bits per heavy atom. The molecule has 1 N–H and O–H groups in total. The Morgan fingerprint density at radius 2 is 2.00 bits per heavy atom. The number of nitrogens with zero attached hydrogens (tertiary/aromatic N) is 3. The number of halogens is 1. The summed E-state index contributed by atoms with van der Waals surface area (Å²) in [7, 11) is 0. The lowest BCUT2D eigenvalue weighted by Crippen LogP contribution is -2.22. The van der Waals surface area contributed by atoms with Gasteiger partial charge in [0.25, 0.3) is 5.56 Å². The van der Waals surface area contributed by atoms with Crippen LogP contribution in [0.25, 0.3) is 10.9 Å². The molecule has 0 amide bonds. The largest absolute Gasteiger partial charge is 0.480 e. The van der Waals surface area contributed by atoms with Crippen LogP contribution in [0, 0.1) is 17.1 Å². The monoisotopic (exact) mass is 351 g/mol. The molecule has 26 heavy (non-hydrogen) atoms. The summed E-state index contributed by atoms with van der Waals surface area (Å²) in [6.07, 6.45) is 0.670. The van der Waals surface area contributed by atoms with Crippen molar-refractivity contribution in [2.24, 2.45) is 0 Å². The number of hydrogen-bond acceptors (Lipinski definition) is 4. The molecule has 0 fully saturated rings. The van der Waals surface area contributed by atoms with Gasteiger partial charge in [0.2, 0.25) is 0 Å². The molecule has 7 heteroatoms. The van der Waals surface area contributed by atoms with E-state index in [1.54, 1.807) is 36.4 Å². The molecule has 0 saturated heterocycles. The van der Waals surface area contributed by atoms with Crippen molar-refractivity contribution in [2.75, 3.05) is 0 Å². The summed E-state index contributed by atoms with van der Waals surface area (Å²) in [6.45, 7) is -0.323. The van der Waals surface area contributed by atoms with E-state index in [-0.39, 0.29) is 18.5 Å². The van der Waals surface area contributed by atoms with E-state index in [2.05, 4.69) is 4.98 Å². The number of nitriles is 1. The number of carboxylic acids is 1. The number of carboxylic acid groups (broad SMARTS) is 1. The van der Waals surface area contributed by atoms with Crippen LogP contribution in [0.3, 0.4) is 0 Å². The summed E-state index contributed by atoms with van der Waals surface area (Å²) in [5, 5.41) is 18.5. The predicted octanol–water partition coefficient (Wildman–Crippen LogP) is 2.28. The first-order valence-corrected chi connectivity index (χ1v) is 7.88. The molecule has 0 aliphatic rings. The van der Waals surface area contributed by atoms with Crippen LogP contribution in [0.2, 0.25) is 0 Å². The van der Waals surface area contributed by atoms with E-state index in [9.17, 15) is 19.1 Å². The second-order valence-electron chi connectivity index (χ2n) is 5.76. The highest BCUT2D eigenvalue weighted by Gasteiger charge is 2.13. The van der Waals surface area contributed by atoms with Crippen LogP contribution in [-0.2, 0) is 24.2 Å². The van der Waals surface area contributed by atoms with Crippen LogP contribution < -0.4 is 5.56 Å². The fraction of sp³-hybridized carbons (Fsp3) is 0.158. The second-order valence-corrected chi connectivity index (χ2v) is 5.76. The zero-order chi connectivity index (χ0) is 18.7. The summed E-state index contributed by atoms with van der Waals surface area (Å²) in [6, 6.07) is 12.7. The molecule has 2 aromatic carbocycles. The minimum Gasteiger partial charge on any atom is -0.480 e. The summed E-state index contributed by atoms with van der Waals surface area (Å²) in [4.78, 5) is 27.5. The van der Waals surface area contributed by atoms with E-state index in [0.717, 1.165) is 0 Å². The van der Waals surface area contributed by atoms with Gasteiger partial charge < -0.3 is 9.67 Å². The summed E-state index contributed by atoms with van der Waals surface area (Å²) >= 11 is 0. The van der Waals surface area contributed by atoms with Crippen LogP contribution >= 0.6 is 0 Å². The maximum absolute atomic E-state index is 13.4. The van der Waals surface area contributed by atoms with E-state index in [0.29, 0.717) is 28.7 Å². The highest BCUT2D eigenvalue weighted by atomic mass is 19.1. The van der Waals surface area contributed by atoms with Gasteiger partial charge in [-0.05, 0) is 36.2 Å². The third kappa shape index (κ3) is 3.44. The number of aliphatic carboxylic acids is 1. The van der Waals surface area contributed by atoms with E-state index < -0.39 is 17.3 Å². The van der Waals surface area contributed by atoms with Crippen molar-refractivity contribution in [3.8, 4) is 6.07 Å². The molecule has 130 valence electrons. The molecule has 0 radical (unpaired) electrons. The van der Waals surface area contributed by atoms with Crippen molar-refractivity contribution < 1.29 is 14.3 Å². The quantitative estimate of drug-likeness (QED) is 0.761. The molecular formula is C19H14FN3O3. The van der Waals surface area contributed by atoms with Gasteiger partial charge in [-0.2, -0.15) is 10.2 Å². The van der Waals surface area contributed by atoms with Crippen molar-refractivity contribution in [2.45, 2.75) is 19.4 Å². The number of fused-ring (bicyclic) bond motifs is 1. The lowest BCUT2D eigenvalue weighted by Gasteiger charge is -2.14. The van der Waals surface area contributed by atoms with Crippen molar-refractivity contribution in [1.29, 1.82) is 5.26 Å². The van der Waals surface area contributed by atoms with Crippen molar-refractivity contribution in [1.82, 2.24) is 9.55 Å². The van der Waals surface area contributed by atoms with Gasteiger partial charge in [-0.15, -0.1) is 0 Å². The number of benzene rings is 2. The van der Waals surface area contributed by atoms with Gasteiger partial charge >= 0.3 is 5.97 Å². The normalized spacial score (nSPS) is 10.6. The number of carbonyl (C=O) groups is 1. The van der Waals surface area contributed by atoms with Crippen LogP contribution in [0.15, 0.2) is 47.3 Å². The van der Waals surface area contributed by atoms with Gasteiger partial charge in [0.1, 0.15) is 24.3 Å². The molecule has 0 aliphatic heterocycles. The molecule has 0 saturated carbocycles. The van der Waals surface area contributed by atoms with E-state index >= 15 is 0 Å². The zero-order valence-electron chi connectivity index (χ0n) is 13.6. The molecule has 6 nitrogen and oxygen atoms in total. The van der Waals surface area contributed by atoms with E-state index in [1.807, 2.05) is 0 Å². The van der Waals surface area contributed by atoms with E-state index in [1.165, 1.54) is 16.7 Å². The first kappa shape index (κ1) is 17.3. The first-order chi connectivity index (χ1) is 12.5. The molecular weight excluding hydrogens is 337 g/mol. The van der Waals surface area contributed by atoms with Gasteiger partial charge in [0.15, 0.2) is 0 Å². The minimum atomic E-state index is -1.05. The molecule has 3 rings (SSSR count). The third-order valence-electron chi connectivity index (χ3n) is 4.05. The molecule has 0 spiro atoms. The fourth-order valence-electron chi connectivity index (χ4n) is 2.84. The average Bonchev–Trinajstić information content (AvgIpc) is 2.63. The standard InChI is InChI=1S/C19H14FN3O3/c20-15-7-5-12(9-13(15)10-21)6-8-17-22-19(26)14-3-1-2-4-16(14)23(17)11-18(24)25/h1-5,7,9H,6,8,11H2,(H,24,25). The topological polar surface area (TPSA) is 96.0 Å². The summed E-state index contributed by atoms with van der Waals surface area (Å²) in [5.74, 6) is -1.31. The third-order valence-corrected chi connectivity index (χ3v) is 4.05. The summed E-state index contributed by atoms with van der Waals surface area (Å²) < 4.78 is 14.9. The minimum absolute atomic E-state index is 0.0584. The average molecular weight is 351 g/mol. The van der Waals surface area contributed by atoms with Crippen molar-refractivity contribution in [3.05, 3.63) is 75.6 Å². The second kappa shape index (κ2) is 7.15. The van der Waals surface area contributed by atoms with Gasteiger partial charge in [0.05, 0.1) is 16.5 Å². The van der Waals surface area contributed by atoms with Gasteiger partial charge in [-0.3, -0.25) is 9.59 Å². The van der Waals surface area contributed by atoms with E-state index in [4.69, 9.17) is 5.26 Å². The molecule has 0 unspecified atom stereocenters. The summed E-state index contributed by atoms with van der Waals surface area (Å²) in [5.41, 5.74) is 0.722. The Labute approximate surface area is 147 Å². The van der Waals surface area contributed by atoms with Crippen LogP contribution in [0.5, 0.6) is 0 Å². The highest BCUT2D eigenvalue weighted by Crippen LogP contribution is 2.15. The predicted molar refractivity (Wildman–Crippen MR) is 92.2 cm³/mol.